The van der Waals surface area contributed by atoms with Gasteiger partial charge in [-0.1, -0.05) is 60.1 Å². The largest absolute Gasteiger partial charge is 0.398 e. The molecule has 3 aromatic rings. The zero-order chi connectivity index (χ0) is 12.5. The fraction of sp³-hybridized carbons (Fsp3) is 0. The number of hydrogen-bond donors (Lipinski definition) is 1. The molecule has 0 heterocycles. The number of rotatable bonds is 1. The molecule has 0 aliphatic heterocycles. The van der Waals surface area contributed by atoms with Crippen molar-refractivity contribution in [1.82, 2.24) is 0 Å². The van der Waals surface area contributed by atoms with E-state index < -0.39 is 0 Å². The molecule has 0 saturated carbocycles. The van der Waals surface area contributed by atoms with Crippen LogP contribution in [-0.4, -0.2) is 0 Å². The van der Waals surface area contributed by atoms with E-state index >= 15 is 0 Å². The maximum Gasteiger partial charge on any atom is 0.0641 e. The Morgan fingerprint density at radius 3 is 2.44 bits per heavy atom. The van der Waals surface area contributed by atoms with Crippen LogP contribution in [-0.2, 0) is 0 Å². The summed E-state index contributed by atoms with van der Waals surface area (Å²) in [7, 11) is 0. The van der Waals surface area contributed by atoms with Gasteiger partial charge in [-0.15, -0.1) is 0 Å². The van der Waals surface area contributed by atoms with Gasteiger partial charge in [0.2, 0.25) is 0 Å². The molecular formula is C16H12ClN. The third-order valence-electron chi connectivity index (χ3n) is 3.10. The van der Waals surface area contributed by atoms with Crippen LogP contribution in [0.2, 0.25) is 5.02 Å². The second-order valence-corrected chi connectivity index (χ2v) is 4.67. The highest BCUT2D eigenvalue weighted by Gasteiger charge is 2.05. The minimum Gasteiger partial charge on any atom is -0.398 e. The average molecular weight is 254 g/mol. The summed E-state index contributed by atoms with van der Waals surface area (Å²) in [5.41, 5.74) is 8.62. The molecule has 88 valence electrons. The molecule has 0 aromatic heterocycles. The minimum atomic E-state index is 0.598. The topological polar surface area (TPSA) is 26.0 Å². The Bertz CT molecular complexity index is 714. The second-order valence-electron chi connectivity index (χ2n) is 4.26. The van der Waals surface area contributed by atoms with E-state index in [1.54, 1.807) is 0 Å². The van der Waals surface area contributed by atoms with Crippen LogP contribution < -0.4 is 5.73 Å². The van der Waals surface area contributed by atoms with E-state index in [2.05, 4.69) is 30.3 Å². The van der Waals surface area contributed by atoms with Gasteiger partial charge in [-0.25, -0.2) is 0 Å². The van der Waals surface area contributed by atoms with Gasteiger partial charge in [0.15, 0.2) is 0 Å². The fourth-order valence-corrected chi connectivity index (χ4v) is 2.35. The van der Waals surface area contributed by atoms with Crippen molar-refractivity contribution < 1.29 is 0 Å². The van der Waals surface area contributed by atoms with E-state index in [0.29, 0.717) is 10.7 Å². The van der Waals surface area contributed by atoms with Gasteiger partial charge in [-0.05, 0) is 34.0 Å². The molecule has 2 heteroatoms. The molecular weight excluding hydrogens is 242 g/mol. The van der Waals surface area contributed by atoms with E-state index in [1.807, 2.05) is 30.3 Å². The summed E-state index contributed by atoms with van der Waals surface area (Å²) in [6.07, 6.45) is 0. The second kappa shape index (κ2) is 4.35. The van der Waals surface area contributed by atoms with Gasteiger partial charge in [0.05, 0.1) is 10.7 Å². The Kier molecular flexibility index (Phi) is 2.69. The monoisotopic (exact) mass is 253 g/mol. The fourth-order valence-electron chi connectivity index (χ4n) is 2.17. The maximum absolute atomic E-state index is 6.09. The molecule has 0 unspecified atom stereocenters. The van der Waals surface area contributed by atoms with Crippen LogP contribution in [0.15, 0.2) is 60.7 Å². The van der Waals surface area contributed by atoms with Crippen LogP contribution in [0, 0.1) is 0 Å². The van der Waals surface area contributed by atoms with Gasteiger partial charge in [0.25, 0.3) is 0 Å². The van der Waals surface area contributed by atoms with Crippen molar-refractivity contribution in [2.24, 2.45) is 0 Å². The highest BCUT2D eigenvalue weighted by molar-refractivity contribution is 6.33. The highest BCUT2D eigenvalue weighted by Crippen LogP contribution is 2.31. The lowest BCUT2D eigenvalue weighted by Crippen LogP contribution is -1.87. The molecule has 0 bridgehead atoms. The van der Waals surface area contributed by atoms with Crippen molar-refractivity contribution in [2.75, 3.05) is 5.73 Å². The zero-order valence-electron chi connectivity index (χ0n) is 9.73. The normalized spacial score (nSPS) is 10.7. The van der Waals surface area contributed by atoms with Crippen LogP contribution in [0.4, 0.5) is 5.69 Å². The van der Waals surface area contributed by atoms with E-state index in [-0.39, 0.29) is 0 Å². The van der Waals surface area contributed by atoms with Crippen LogP contribution in [0.25, 0.3) is 21.9 Å². The highest BCUT2D eigenvalue weighted by atomic mass is 35.5. The van der Waals surface area contributed by atoms with Gasteiger partial charge in [0.1, 0.15) is 0 Å². The molecule has 3 rings (SSSR count). The Balaban J connectivity index is 2.28. The molecule has 0 spiro atoms. The SMILES string of the molecule is Nc1ccc(-c2cccc3ccccc23)cc1Cl. The number of nitrogens with two attached hydrogens (primary N) is 1. The predicted octanol–water partition coefficient (Wildman–Crippen LogP) is 4.74. The molecule has 0 atom stereocenters. The Morgan fingerprint density at radius 2 is 1.61 bits per heavy atom. The molecule has 2 N–H and O–H groups in total. The van der Waals surface area contributed by atoms with Gasteiger partial charge in [0, 0.05) is 0 Å². The number of halogens is 1. The van der Waals surface area contributed by atoms with Crippen molar-refractivity contribution in [3.05, 3.63) is 65.7 Å². The number of anilines is 1. The maximum atomic E-state index is 6.09. The summed E-state index contributed by atoms with van der Waals surface area (Å²) in [6.45, 7) is 0. The lowest BCUT2D eigenvalue weighted by Gasteiger charge is -2.08. The number of benzene rings is 3. The molecule has 0 fully saturated rings. The van der Waals surface area contributed by atoms with Crippen molar-refractivity contribution in [2.45, 2.75) is 0 Å². The summed E-state index contributed by atoms with van der Waals surface area (Å²) in [5, 5.41) is 3.05. The first-order valence-electron chi connectivity index (χ1n) is 5.79. The first kappa shape index (κ1) is 11.1. The molecule has 1 nitrogen and oxygen atoms in total. The quantitative estimate of drug-likeness (QED) is 0.623. The number of nitrogen functional groups attached to an aromatic ring is 1. The molecule has 0 saturated heterocycles. The van der Waals surface area contributed by atoms with Gasteiger partial charge >= 0.3 is 0 Å². The lowest BCUT2D eigenvalue weighted by molar-refractivity contribution is 1.64. The molecule has 0 amide bonds. The standard InChI is InChI=1S/C16H12ClN/c17-15-10-12(8-9-16(15)18)14-7-3-5-11-4-1-2-6-13(11)14/h1-10H,18H2. The van der Waals surface area contributed by atoms with Crippen molar-refractivity contribution in [3.8, 4) is 11.1 Å². The molecule has 0 radical (unpaired) electrons. The third kappa shape index (κ3) is 1.83. The summed E-state index contributed by atoms with van der Waals surface area (Å²) in [4.78, 5) is 0. The van der Waals surface area contributed by atoms with Crippen molar-refractivity contribution in [3.63, 3.8) is 0 Å². The average Bonchev–Trinajstić information content (AvgIpc) is 2.41. The molecule has 3 aromatic carbocycles. The van der Waals surface area contributed by atoms with Crippen molar-refractivity contribution >= 4 is 28.1 Å². The van der Waals surface area contributed by atoms with E-state index in [0.717, 1.165) is 5.56 Å². The summed E-state index contributed by atoms with van der Waals surface area (Å²) < 4.78 is 0. The van der Waals surface area contributed by atoms with E-state index in [4.69, 9.17) is 17.3 Å². The summed E-state index contributed by atoms with van der Waals surface area (Å²) in [5.74, 6) is 0. The Labute approximate surface area is 111 Å². The third-order valence-corrected chi connectivity index (χ3v) is 3.43. The summed E-state index contributed by atoms with van der Waals surface area (Å²) >= 11 is 6.09. The summed E-state index contributed by atoms with van der Waals surface area (Å²) in [6, 6.07) is 20.4. The molecule has 18 heavy (non-hydrogen) atoms. The Hall–Kier alpha value is -1.99. The predicted molar refractivity (Wildman–Crippen MR) is 78.8 cm³/mol. The van der Waals surface area contributed by atoms with Crippen LogP contribution in [0.5, 0.6) is 0 Å². The molecule has 0 aliphatic carbocycles. The van der Waals surface area contributed by atoms with Crippen molar-refractivity contribution in [1.29, 1.82) is 0 Å². The van der Waals surface area contributed by atoms with E-state index in [1.165, 1.54) is 16.3 Å². The first-order valence-corrected chi connectivity index (χ1v) is 6.17. The van der Waals surface area contributed by atoms with Crippen LogP contribution >= 0.6 is 11.6 Å². The van der Waals surface area contributed by atoms with Gasteiger partial charge < -0.3 is 5.73 Å². The lowest BCUT2D eigenvalue weighted by atomic mass is 9.98. The zero-order valence-corrected chi connectivity index (χ0v) is 10.5. The van der Waals surface area contributed by atoms with E-state index in [9.17, 15) is 0 Å². The molecule has 0 aliphatic rings. The van der Waals surface area contributed by atoms with Crippen LogP contribution in [0.3, 0.4) is 0 Å². The van der Waals surface area contributed by atoms with Gasteiger partial charge in [-0.3, -0.25) is 0 Å². The van der Waals surface area contributed by atoms with Crippen LogP contribution in [0.1, 0.15) is 0 Å². The number of hydrogen-bond acceptors (Lipinski definition) is 1. The Morgan fingerprint density at radius 1 is 0.833 bits per heavy atom. The minimum absolute atomic E-state index is 0.598. The van der Waals surface area contributed by atoms with Gasteiger partial charge in [-0.2, -0.15) is 0 Å². The smallest absolute Gasteiger partial charge is 0.0641 e. The first-order chi connectivity index (χ1) is 8.75. The number of fused-ring (bicyclic) bond motifs is 1.